The van der Waals surface area contributed by atoms with Crippen LogP contribution in [0.5, 0.6) is 0 Å². The predicted octanol–water partition coefficient (Wildman–Crippen LogP) is 1.34. The van der Waals surface area contributed by atoms with E-state index in [4.69, 9.17) is 14.9 Å². The van der Waals surface area contributed by atoms with Gasteiger partial charge in [-0.05, 0) is 32.6 Å². The van der Waals surface area contributed by atoms with Crippen LogP contribution in [0.2, 0.25) is 0 Å². The number of carbonyl (C=O) groups excluding carboxylic acids is 1. The molecule has 0 aliphatic rings. The molecule has 0 aromatic heterocycles. The van der Waals surface area contributed by atoms with Gasteiger partial charge < -0.3 is 14.9 Å². The quantitative estimate of drug-likeness (QED) is 0.463. The van der Waals surface area contributed by atoms with Crippen LogP contribution in [0.3, 0.4) is 0 Å². The van der Waals surface area contributed by atoms with E-state index >= 15 is 0 Å². The Bertz CT molecular complexity index is 212. The second-order valence-corrected chi connectivity index (χ2v) is 3.81. The standard InChI is InChI=1S/C11H20O5/c1-9(12)5-4-7-11(15)16-8-3-2-6-10(13)14/h9,12H,2-8H2,1H3,(H,13,14). The van der Waals surface area contributed by atoms with Gasteiger partial charge in [-0.1, -0.05) is 0 Å². The number of aliphatic hydroxyl groups is 1. The normalized spacial score (nSPS) is 12.1. The minimum absolute atomic E-state index is 0.111. The Hall–Kier alpha value is -1.10. The maximum atomic E-state index is 11.1. The number of rotatable bonds is 9. The second kappa shape index (κ2) is 9.15. The fourth-order valence-corrected chi connectivity index (χ4v) is 1.18. The third-order valence-electron chi connectivity index (χ3n) is 2.05. The van der Waals surface area contributed by atoms with Crippen LogP contribution in [0, 0.1) is 0 Å². The van der Waals surface area contributed by atoms with Gasteiger partial charge in [-0.25, -0.2) is 0 Å². The molecule has 1 unspecified atom stereocenters. The lowest BCUT2D eigenvalue weighted by atomic mass is 10.2. The van der Waals surface area contributed by atoms with Crippen molar-refractivity contribution < 1.29 is 24.5 Å². The molecule has 0 fully saturated rings. The minimum atomic E-state index is -0.830. The Morgan fingerprint density at radius 1 is 1.19 bits per heavy atom. The topological polar surface area (TPSA) is 83.8 Å². The van der Waals surface area contributed by atoms with Crippen molar-refractivity contribution in [2.45, 2.75) is 51.6 Å². The Balaban J connectivity index is 3.27. The van der Waals surface area contributed by atoms with Crippen molar-refractivity contribution in [3.05, 3.63) is 0 Å². The summed E-state index contributed by atoms with van der Waals surface area (Å²) in [4.78, 5) is 21.3. The molecular formula is C11H20O5. The molecule has 94 valence electrons. The lowest BCUT2D eigenvalue weighted by Crippen LogP contribution is -2.08. The summed E-state index contributed by atoms with van der Waals surface area (Å²) in [5.74, 6) is -1.11. The van der Waals surface area contributed by atoms with Gasteiger partial charge in [0.15, 0.2) is 0 Å². The lowest BCUT2D eigenvalue weighted by molar-refractivity contribution is -0.143. The molecule has 0 heterocycles. The lowest BCUT2D eigenvalue weighted by Gasteiger charge is -2.05. The summed E-state index contributed by atoms with van der Waals surface area (Å²) in [6, 6.07) is 0. The van der Waals surface area contributed by atoms with Crippen molar-refractivity contribution in [2.75, 3.05) is 6.61 Å². The first-order valence-electron chi connectivity index (χ1n) is 5.58. The summed E-state index contributed by atoms with van der Waals surface area (Å²) in [5.41, 5.74) is 0. The van der Waals surface area contributed by atoms with Crippen LogP contribution in [0.25, 0.3) is 0 Å². The van der Waals surface area contributed by atoms with Crippen LogP contribution >= 0.6 is 0 Å². The molecule has 0 aromatic carbocycles. The molecule has 0 saturated heterocycles. The van der Waals surface area contributed by atoms with E-state index in [1.165, 1.54) is 0 Å². The van der Waals surface area contributed by atoms with E-state index in [-0.39, 0.29) is 25.1 Å². The van der Waals surface area contributed by atoms with Crippen LogP contribution in [-0.4, -0.2) is 34.9 Å². The molecule has 0 bridgehead atoms. The predicted molar refractivity (Wildman–Crippen MR) is 58.0 cm³/mol. The Kier molecular flexibility index (Phi) is 8.52. The smallest absolute Gasteiger partial charge is 0.305 e. The average Bonchev–Trinajstić information content (AvgIpc) is 2.16. The van der Waals surface area contributed by atoms with Crippen molar-refractivity contribution in [3.8, 4) is 0 Å². The number of hydrogen-bond acceptors (Lipinski definition) is 4. The Morgan fingerprint density at radius 2 is 1.88 bits per heavy atom. The molecule has 0 amide bonds. The maximum Gasteiger partial charge on any atom is 0.305 e. The van der Waals surface area contributed by atoms with E-state index in [1.54, 1.807) is 6.92 Å². The van der Waals surface area contributed by atoms with Crippen molar-refractivity contribution in [1.82, 2.24) is 0 Å². The second-order valence-electron chi connectivity index (χ2n) is 3.81. The van der Waals surface area contributed by atoms with Gasteiger partial charge in [0.05, 0.1) is 12.7 Å². The molecule has 1 atom stereocenters. The molecule has 0 saturated carbocycles. The van der Waals surface area contributed by atoms with E-state index in [2.05, 4.69) is 0 Å². The molecular weight excluding hydrogens is 212 g/mol. The highest BCUT2D eigenvalue weighted by Gasteiger charge is 2.04. The zero-order valence-electron chi connectivity index (χ0n) is 9.65. The highest BCUT2D eigenvalue weighted by Crippen LogP contribution is 2.02. The van der Waals surface area contributed by atoms with Crippen LogP contribution in [-0.2, 0) is 14.3 Å². The minimum Gasteiger partial charge on any atom is -0.481 e. The van der Waals surface area contributed by atoms with Gasteiger partial charge in [-0.2, -0.15) is 0 Å². The first kappa shape index (κ1) is 14.9. The molecule has 16 heavy (non-hydrogen) atoms. The number of carboxylic acid groups (broad SMARTS) is 1. The number of hydrogen-bond donors (Lipinski definition) is 2. The van der Waals surface area contributed by atoms with Gasteiger partial charge in [0.25, 0.3) is 0 Å². The van der Waals surface area contributed by atoms with Gasteiger partial charge in [0.2, 0.25) is 0 Å². The van der Waals surface area contributed by atoms with Crippen molar-refractivity contribution in [2.24, 2.45) is 0 Å². The summed E-state index contributed by atoms with van der Waals surface area (Å²) in [6.45, 7) is 1.96. The number of unbranched alkanes of at least 4 members (excludes halogenated alkanes) is 1. The fraction of sp³-hybridized carbons (Fsp3) is 0.818. The van der Waals surface area contributed by atoms with Crippen molar-refractivity contribution in [3.63, 3.8) is 0 Å². The van der Waals surface area contributed by atoms with E-state index in [0.717, 1.165) is 0 Å². The molecule has 0 aliphatic carbocycles. The largest absolute Gasteiger partial charge is 0.481 e. The molecule has 0 radical (unpaired) electrons. The first-order chi connectivity index (χ1) is 7.52. The van der Waals surface area contributed by atoms with Gasteiger partial charge in [0.1, 0.15) is 0 Å². The SMILES string of the molecule is CC(O)CCCC(=O)OCCCCC(=O)O. The van der Waals surface area contributed by atoms with Gasteiger partial charge in [0, 0.05) is 12.8 Å². The van der Waals surface area contributed by atoms with Crippen LogP contribution < -0.4 is 0 Å². The first-order valence-corrected chi connectivity index (χ1v) is 5.58. The number of carboxylic acids is 1. The molecule has 5 nitrogen and oxygen atoms in total. The zero-order chi connectivity index (χ0) is 12.4. The van der Waals surface area contributed by atoms with E-state index in [9.17, 15) is 9.59 Å². The van der Waals surface area contributed by atoms with Crippen LogP contribution in [0.1, 0.15) is 45.4 Å². The van der Waals surface area contributed by atoms with E-state index < -0.39 is 5.97 Å². The molecule has 0 rings (SSSR count). The van der Waals surface area contributed by atoms with Gasteiger partial charge in [-0.3, -0.25) is 9.59 Å². The molecule has 0 aliphatic heterocycles. The summed E-state index contributed by atoms with van der Waals surface area (Å²) in [5, 5.41) is 17.3. The number of ether oxygens (including phenoxy) is 1. The summed E-state index contributed by atoms with van der Waals surface area (Å²) < 4.78 is 4.89. The summed E-state index contributed by atoms with van der Waals surface area (Å²) in [7, 11) is 0. The maximum absolute atomic E-state index is 11.1. The highest BCUT2D eigenvalue weighted by molar-refractivity contribution is 5.69. The number of carbonyl (C=O) groups is 2. The third kappa shape index (κ3) is 11.0. The van der Waals surface area contributed by atoms with E-state index in [1.807, 2.05) is 0 Å². The fourth-order valence-electron chi connectivity index (χ4n) is 1.18. The van der Waals surface area contributed by atoms with Gasteiger partial charge in [-0.15, -0.1) is 0 Å². The van der Waals surface area contributed by atoms with Crippen molar-refractivity contribution >= 4 is 11.9 Å². The van der Waals surface area contributed by atoms with Gasteiger partial charge >= 0.3 is 11.9 Å². The number of esters is 1. The summed E-state index contributed by atoms with van der Waals surface area (Å²) in [6.07, 6.45) is 2.34. The molecule has 5 heteroatoms. The third-order valence-corrected chi connectivity index (χ3v) is 2.05. The summed E-state index contributed by atoms with van der Waals surface area (Å²) >= 11 is 0. The zero-order valence-corrected chi connectivity index (χ0v) is 9.65. The van der Waals surface area contributed by atoms with Crippen LogP contribution in [0.15, 0.2) is 0 Å². The highest BCUT2D eigenvalue weighted by atomic mass is 16.5. The number of aliphatic hydroxyl groups excluding tert-OH is 1. The molecule has 0 aromatic rings. The van der Waals surface area contributed by atoms with Crippen molar-refractivity contribution in [1.29, 1.82) is 0 Å². The Morgan fingerprint density at radius 3 is 2.44 bits per heavy atom. The monoisotopic (exact) mass is 232 g/mol. The average molecular weight is 232 g/mol. The Labute approximate surface area is 95.4 Å². The van der Waals surface area contributed by atoms with E-state index in [0.29, 0.717) is 32.1 Å². The number of aliphatic carboxylic acids is 1. The molecule has 0 spiro atoms. The molecule has 2 N–H and O–H groups in total. The van der Waals surface area contributed by atoms with Crippen LogP contribution in [0.4, 0.5) is 0 Å².